The van der Waals surface area contributed by atoms with E-state index in [4.69, 9.17) is 5.21 Å². The minimum Gasteiger partial charge on any atom is -0.411 e. The van der Waals surface area contributed by atoms with Crippen LogP contribution in [0.15, 0.2) is 27.8 Å². The molecule has 0 spiro atoms. The van der Waals surface area contributed by atoms with Gasteiger partial charge in [0.2, 0.25) is 0 Å². The molecule has 0 bridgehead atoms. The van der Waals surface area contributed by atoms with Crippen LogP contribution in [0.3, 0.4) is 0 Å². The molecule has 1 aliphatic carbocycles. The first-order chi connectivity index (χ1) is 7.81. The number of aromatic nitrogens is 1. The summed E-state index contributed by atoms with van der Waals surface area (Å²) in [7, 11) is 0. The van der Waals surface area contributed by atoms with Crippen molar-refractivity contribution in [1.29, 1.82) is 0 Å². The zero-order valence-electron chi connectivity index (χ0n) is 8.63. The Morgan fingerprint density at radius 1 is 1.31 bits per heavy atom. The first-order valence-electron chi connectivity index (χ1n) is 5.31. The Balaban J connectivity index is 2.37. The maximum Gasteiger partial charge on any atom is 0.103 e. The summed E-state index contributed by atoms with van der Waals surface area (Å²) < 4.78 is 1.05. The Kier molecular flexibility index (Phi) is 2.24. The number of nitrogens with one attached hydrogen (secondary N) is 1. The van der Waals surface area contributed by atoms with E-state index in [1.54, 1.807) is 0 Å². The Labute approximate surface area is 101 Å². The van der Waals surface area contributed by atoms with Crippen molar-refractivity contribution in [3.63, 3.8) is 0 Å². The quantitative estimate of drug-likeness (QED) is 0.563. The molecule has 0 aliphatic heterocycles. The lowest BCUT2D eigenvalue weighted by Gasteiger charge is -2.12. The Morgan fingerprint density at radius 3 is 3.00 bits per heavy atom. The molecule has 16 heavy (non-hydrogen) atoms. The second kappa shape index (κ2) is 3.63. The predicted molar refractivity (Wildman–Crippen MR) is 67.3 cm³/mol. The minimum atomic E-state index is 0.768. The predicted octanol–water partition coefficient (Wildman–Crippen LogP) is 3.45. The van der Waals surface area contributed by atoms with Crippen LogP contribution >= 0.6 is 15.9 Å². The van der Waals surface area contributed by atoms with E-state index in [-0.39, 0.29) is 0 Å². The van der Waals surface area contributed by atoms with Gasteiger partial charge in [-0.3, -0.25) is 0 Å². The maximum atomic E-state index is 8.99. The monoisotopic (exact) mass is 278 g/mol. The van der Waals surface area contributed by atoms with Gasteiger partial charge in [0.1, 0.15) is 5.71 Å². The lowest BCUT2D eigenvalue weighted by molar-refractivity contribution is 0.317. The van der Waals surface area contributed by atoms with E-state index in [0.717, 1.165) is 40.7 Å². The fourth-order valence-corrected chi connectivity index (χ4v) is 2.87. The second-order valence-corrected chi connectivity index (χ2v) is 4.90. The number of para-hydroxylation sites is 1. The number of rotatable bonds is 0. The van der Waals surface area contributed by atoms with E-state index < -0.39 is 0 Å². The number of aryl methyl sites for hydroxylation is 1. The van der Waals surface area contributed by atoms with Crippen molar-refractivity contribution in [2.24, 2.45) is 5.16 Å². The Bertz CT molecular complexity index is 586. The van der Waals surface area contributed by atoms with Crippen molar-refractivity contribution >= 4 is 32.5 Å². The Hall–Kier alpha value is -1.29. The molecule has 0 saturated heterocycles. The lowest BCUT2D eigenvalue weighted by Crippen LogP contribution is -2.10. The van der Waals surface area contributed by atoms with Crippen LogP contribution in [0, 0.1) is 0 Å². The van der Waals surface area contributed by atoms with E-state index >= 15 is 0 Å². The summed E-state index contributed by atoms with van der Waals surface area (Å²) in [6.07, 6.45) is 2.94. The molecule has 0 fully saturated rings. The van der Waals surface area contributed by atoms with Crippen molar-refractivity contribution in [3.8, 4) is 0 Å². The molecule has 0 radical (unpaired) electrons. The summed E-state index contributed by atoms with van der Waals surface area (Å²) in [5, 5.41) is 13.6. The molecule has 1 aromatic carbocycles. The van der Waals surface area contributed by atoms with Gasteiger partial charge in [0.15, 0.2) is 0 Å². The maximum absolute atomic E-state index is 8.99. The minimum absolute atomic E-state index is 0.768. The number of hydrogen-bond donors (Lipinski definition) is 2. The van der Waals surface area contributed by atoms with E-state index in [1.807, 2.05) is 12.1 Å². The van der Waals surface area contributed by atoms with Crippen molar-refractivity contribution in [3.05, 3.63) is 33.9 Å². The van der Waals surface area contributed by atoms with Crippen LogP contribution < -0.4 is 0 Å². The van der Waals surface area contributed by atoms with E-state index in [9.17, 15) is 0 Å². The molecule has 1 aromatic heterocycles. The molecule has 1 aliphatic rings. The van der Waals surface area contributed by atoms with Gasteiger partial charge in [-0.25, -0.2) is 0 Å². The number of nitrogens with zero attached hydrogens (tertiary/aromatic N) is 1. The van der Waals surface area contributed by atoms with E-state index in [2.05, 4.69) is 32.1 Å². The molecule has 0 unspecified atom stereocenters. The molecular formula is C12H11BrN2O. The molecular weight excluding hydrogens is 268 g/mol. The van der Waals surface area contributed by atoms with Crippen molar-refractivity contribution < 1.29 is 5.21 Å². The van der Waals surface area contributed by atoms with Crippen LogP contribution in [0.1, 0.15) is 24.1 Å². The first kappa shape index (κ1) is 9.90. The van der Waals surface area contributed by atoms with Crippen LogP contribution in [0.4, 0.5) is 0 Å². The number of aromatic amines is 1. The SMILES string of the molecule is O/N=C1\CCCc2c1[nH]c1c(Br)cccc21. The molecule has 1 heterocycles. The largest absolute Gasteiger partial charge is 0.411 e. The third-order valence-corrected chi connectivity index (χ3v) is 3.80. The molecule has 2 aromatic rings. The van der Waals surface area contributed by atoms with Crippen LogP contribution in [0.25, 0.3) is 10.9 Å². The smallest absolute Gasteiger partial charge is 0.103 e. The van der Waals surface area contributed by atoms with Crippen molar-refractivity contribution in [2.75, 3.05) is 0 Å². The molecule has 2 N–H and O–H groups in total. The third kappa shape index (κ3) is 1.29. The van der Waals surface area contributed by atoms with Gasteiger partial charge in [-0.1, -0.05) is 17.3 Å². The molecule has 3 rings (SSSR count). The number of H-pyrrole nitrogens is 1. The lowest BCUT2D eigenvalue weighted by atomic mass is 9.94. The highest BCUT2D eigenvalue weighted by molar-refractivity contribution is 9.10. The fraction of sp³-hybridized carbons (Fsp3) is 0.250. The standard InChI is InChI=1S/C12H11BrN2O/c13-9-5-1-3-7-8-4-2-6-10(15-16)12(8)14-11(7)9/h1,3,5,14,16H,2,4,6H2/b15-10+. The van der Waals surface area contributed by atoms with Crippen LogP contribution in [-0.4, -0.2) is 15.9 Å². The summed E-state index contributed by atoms with van der Waals surface area (Å²) in [5.74, 6) is 0. The Morgan fingerprint density at radius 2 is 2.19 bits per heavy atom. The first-order valence-corrected chi connectivity index (χ1v) is 6.11. The van der Waals surface area contributed by atoms with Gasteiger partial charge in [0.05, 0.1) is 11.2 Å². The molecule has 3 nitrogen and oxygen atoms in total. The van der Waals surface area contributed by atoms with Gasteiger partial charge >= 0.3 is 0 Å². The normalized spacial score (nSPS) is 17.9. The number of oxime groups is 1. The van der Waals surface area contributed by atoms with Crippen LogP contribution in [0.5, 0.6) is 0 Å². The van der Waals surface area contributed by atoms with E-state index in [1.165, 1.54) is 10.9 Å². The third-order valence-electron chi connectivity index (χ3n) is 3.14. The number of hydrogen-bond acceptors (Lipinski definition) is 2. The zero-order valence-corrected chi connectivity index (χ0v) is 10.2. The van der Waals surface area contributed by atoms with Gasteiger partial charge in [-0.15, -0.1) is 0 Å². The van der Waals surface area contributed by atoms with E-state index in [0.29, 0.717) is 0 Å². The topological polar surface area (TPSA) is 48.4 Å². The highest BCUT2D eigenvalue weighted by Gasteiger charge is 2.21. The average Bonchev–Trinajstić information content (AvgIpc) is 2.69. The highest BCUT2D eigenvalue weighted by atomic mass is 79.9. The zero-order chi connectivity index (χ0) is 11.1. The van der Waals surface area contributed by atoms with Crippen LogP contribution in [0.2, 0.25) is 0 Å². The fourth-order valence-electron chi connectivity index (χ4n) is 2.40. The summed E-state index contributed by atoms with van der Waals surface area (Å²) >= 11 is 3.53. The average molecular weight is 279 g/mol. The molecule has 0 atom stereocenters. The number of fused-ring (bicyclic) bond motifs is 3. The summed E-state index contributed by atoms with van der Waals surface area (Å²) in [4.78, 5) is 3.35. The summed E-state index contributed by atoms with van der Waals surface area (Å²) in [5.41, 5.74) is 4.13. The van der Waals surface area contributed by atoms with Crippen LogP contribution in [-0.2, 0) is 6.42 Å². The van der Waals surface area contributed by atoms with Crippen molar-refractivity contribution in [1.82, 2.24) is 4.98 Å². The van der Waals surface area contributed by atoms with Gasteiger partial charge in [0, 0.05) is 9.86 Å². The summed E-state index contributed by atoms with van der Waals surface area (Å²) in [6.45, 7) is 0. The van der Waals surface area contributed by atoms with Gasteiger partial charge < -0.3 is 10.2 Å². The second-order valence-electron chi connectivity index (χ2n) is 4.04. The number of halogens is 1. The molecule has 4 heteroatoms. The van der Waals surface area contributed by atoms with Gasteiger partial charge in [-0.05, 0) is 46.8 Å². The van der Waals surface area contributed by atoms with Gasteiger partial charge in [0.25, 0.3) is 0 Å². The highest BCUT2D eigenvalue weighted by Crippen LogP contribution is 2.32. The molecule has 82 valence electrons. The molecule has 0 amide bonds. The van der Waals surface area contributed by atoms with Crippen molar-refractivity contribution in [2.45, 2.75) is 19.3 Å². The van der Waals surface area contributed by atoms with Gasteiger partial charge in [-0.2, -0.15) is 0 Å². The summed E-state index contributed by atoms with van der Waals surface area (Å²) in [6, 6.07) is 6.15. The number of benzene rings is 1. The molecule has 0 saturated carbocycles.